The van der Waals surface area contributed by atoms with Crippen LogP contribution in [-0.2, 0) is 11.3 Å². The summed E-state index contributed by atoms with van der Waals surface area (Å²) < 4.78 is 0.854. The summed E-state index contributed by atoms with van der Waals surface area (Å²) in [4.78, 5) is 24.3. The fourth-order valence-corrected chi connectivity index (χ4v) is 2.07. The van der Waals surface area contributed by atoms with E-state index < -0.39 is 0 Å². The lowest BCUT2D eigenvalue weighted by Gasteiger charge is -2.09. The number of benzene rings is 1. The van der Waals surface area contributed by atoms with Gasteiger partial charge in [-0.1, -0.05) is 28.6 Å². The summed E-state index contributed by atoms with van der Waals surface area (Å²) in [5, 5.41) is 0. The number of fused-ring (bicyclic) bond motifs is 1. The maximum absolute atomic E-state index is 11.8. The van der Waals surface area contributed by atoms with Crippen LogP contribution in [0.2, 0.25) is 0 Å². The summed E-state index contributed by atoms with van der Waals surface area (Å²) in [7, 11) is 0. The minimum Gasteiger partial charge on any atom is -0.270 e. The molecule has 0 radical (unpaired) electrons. The number of hydrogen-bond donors (Lipinski definition) is 0. The molecule has 0 aromatic heterocycles. The molecule has 1 aromatic carbocycles. The monoisotopic (exact) mass is 265 g/mol. The third kappa shape index (κ3) is 1.51. The normalized spacial score (nSPS) is 13.9. The summed E-state index contributed by atoms with van der Waals surface area (Å²) in [6.45, 7) is 3.69. The molecule has 0 aliphatic carbocycles. The number of amides is 2. The number of nitrogens with zero attached hydrogens (tertiary/aromatic N) is 1. The maximum atomic E-state index is 11.8. The van der Waals surface area contributed by atoms with Crippen molar-refractivity contribution >= 4 is 27.7 Å². The smallest absolute Gasteiger partial charge is 0.261 e. The largest absolute Gasteiger partial charge is 0.270 e. The summed E-state index contributed by atoms with van der Waals surface area (Å²) in [5.41, 5.74) is 1.44. The summed E-state index contributed by atoms with van der Waals surface area (Å²) >= 11 is 3.36. The van der Waals surface area contributed by atoms with Crippen molar-refractivity contribution in [1.29, 1.82) is 0 Å². The zero-order valence-electron chi connectivity index (χ0n) is 7.87. The van der Waals surface area contributed by atoms with Gasteiger partial charge >= 0.3 is 0 Å². The Morgan fingerprint density at radius 2 is 2.27 bits per heavy atom. The van der Waals surface area contributed by atoms with Gasteiger partial charge in [-0.15, -0.1) is 0 Å². The average molecular weight is 266 g/mol. The van der Waals surface area contributed by atoms with Gasteiger partial charge in [0.25, 0.3) is 11.8 Å². The predicted octanol–water partition coefficient (Wildman–Crippen LogP) is 2.12. The lowest BCUT2D eigenvalue weighted by Crippen LogP contribution is -2.29. The molecule has 76 valence electrons. The van der Waals surface area contributed by atoms with Crippen LogP contribution >= 0.6 is 15.9 Å². The van der Waals surface area contributed by atoms with Crippen LogP contribution in [-0.4, -0.2) is 16.7 Å². The molecule has 0 saturated heterocycles. The molecule has 1 aromatic rings. The first kappa shape index (κ1) is 10.1. The number of carbonyl (C=O) groups excluding carboxylic acids is 2. The lowest BCUT2D eigenvalue weighted by atomic mass is 10.1. The molecule has 4 heteroatoms. The van der Waals surface area contributed by atoms with E-state index in [9.17, 15) is 9.59 Å². The van der Waals surface area contributed by atoms with E-state index in [1.165, 1.54) is 4.90 Å². The van der Waals surface area contributed by atoms with Crippen LogP contribution in [0.15, 0.2) is 35.3 Å². The first-order valence-electron chi connectivity index (χ1n) is 4.41. The number of rotatable bonds is 1. The molecule has 3 nitrogen and oxygen atoms in total. The van der Waals surface area contributed by atoms with Crippen LogP contribution in [0.1, 0.15) is 15.9 Å². The van der Waals surface area contributed by atoms with Gasteiger partial charge in [-0.3, -0.25) is 14.5 Å². The van der Waals surface area contributed by atoms with Gasteiger partial charge in [0, 0.05) is 10.0 Å². The second kappa shape index (κ2) is 3.62. The number of carbonyl (C=O) groups is 2. The Morgan fingerprint density at radius 3 is 2.87 bits per heavy atom. The lowest BCUT2D eigenvalue weighted by molar-refractivity contribution is -0.123. The maximum Gasteiger partial charge on any atom is 0.261 e. The third-order valence-electron chi connectivity index (χ3n) is 2.35. The van der Waals surface area contributed by atoms with Crippen LogP contribution in [0.4, 0.5) is 0 Å². The second-order valence-corrected chi connectivity index (χ2v) is 4.05. The molecule has 15 heavy (non-hydrogen) atoms. The first-order valence-corrected chi connectivity index (χ1v) is 5.20. The highest BCUT2D eigenvalue weighted by atomic mass is 79.9. The Labute approximate surface area is 95.5 Å². The molecule has 1 aliphatic heterocycles. The molecule has 0 spiro atoms. The first-order chi connectivity index (χ1) is 7.15. The number of hydrogen-bond acceptors (Lipinski definition) is 2. The van der Waals surface area contributed by atoms with Crippen molar-refractivity contribution in [3.63, 3.8) is 0 Å². The summed E-state index contributed by atoms with van der Waals surface area (Å²) in [6.07, 6.45) is 1.15. The Bertz CT molecular complexity index is 468. The van der Waals surface area contributed by atoms with Crippen LogP contribution < -0.4 is 0 Å². The Morgan fingerprint density at radius 1 is 1.53 bits per heavy atom. The quantitative estimate of drug-likeness (QED) is 0.730. The van der Waals surface area contributed by atoms with E-state index >= 15 is 0 Å². The van der Waals surface area contributed by atoms with E-state index in [1.807, 2.05) is 6.07 Å². The van der Waals surface area contributed by atoms with Gasteiger partial charge in [0.1, 0.15) is 0 Å². The molecule has 0 unspecified atom stereocenters. The highest BCUT2D eigenvalue weighted by molar-refractivity contribution is 9.10. The SMILES string of the molecule is C=CC(=O)N1Cc2c(Br)cccc2C1=O. The fraction of sp³-hybridized carbons (Fsp3) is 0.0909. The molecular formula is C11H8BrNO2. The average Bonchev–Trinajstić information content (AvgIpc) is 2.57. The van der Waals surface area contributed by atoms with Gasteiger partial charge in [0.05, 0.1) is 6.54 Å². The second-order valence-electron chi connectivity index (χ2n) is 3.20. The van der Waals surface area contributed by atoms with Crippen molar-refractivity contribution in [1.82, 2.24) is 4.90 Å². The van der Waals surface area contributed by atoms with Crippen molar-refractivity contribution in [3.8, 4) is 0 Å². The standard InChI is InChI=1S/C11H8BrNO2/c1-2-10(14)13-6-8-7(11(13)15)4-3-5-9(8)12/h2-5H,1,6H2. The Kier molecular flexibility index (Phi) is 2.44. The van der Waals surface area contributed by atoms with Crippen LogP contribution in [0.5, 0.6) is 0 Å². The van der Waals surface area contributed by atoms with E-state index in [0.29, 0.717) is 12.1 Å². The molecule has 0 atom stereocenters. The number of halogens is 1. The van der Waals surface area contributed by atoms with Gasteiger partial charge in [0.15, 0.2) is 0 Å². The highest BCUT2D eigenvalue weighted by Crippen LogP contribution is 2.29. The molecule has 2 rings (SSSR count). The van der Waals surface area contributed by atoms with Crippen molar-refractivity contribution < 1.29 is 9.59 Å². The van der Waals surface area contributed by atoms with Crippen molar-refractivity contribution in [3.05, 3.63) is 46.5 Å². The highest BCUT2D eigenvalue weighted by Gasteiger charge is 2.31. The Hall–Kier alpha value is -1.42. The Balaban J connectivity index is 2.46. The predicted molar refractivity (Wildman–Crippen MR) is 59.2 cm³/mol. The van der Waals surface area contributed by atoms with Crippen LogP contribution in [0.25, 0.3) is 0 Å². The van der Waals surface area contributed by atoms with Crippen molar-refractivity contribution in [2.24, 2.45) is 0 Å². The molecule has 0 N–H and O–H groups in total. The van der Waals surface area contributed by atoms with Gasteiger partial charge < -0.3 is 0 Å². The van der Waals surface area contributed by atoms with Gasteiger partial charge in [0.2, 0.25) is 0 Å². The summed E-state index contributed by atoms with van der Waals surface area (Å²) in [5.74, 6) is -0.612. The van der Waals surface area contributed by atoms with E-state index in [1.54, 1.807) is 12.1 Å². The molecule has 0 bridgehead atoms. The molecule has 1 aliphatic rings. The minimum atomic E-state index is -0.358. The molecule has 2 amide bonds. The zero-order chi connectivity index (χ0) is 11.0. The topological polar surface area (TPSA) is 37.4 Å². The minimum absolute atomic E-state index is 0.254. The van der Waals surface area contributed by atoms with Crippen LogP contribution in [0, 0.1) is 0 Å². The molecular weight excluding hydrogens is 258 g/mol. The number of imide groups is 1. The van der Waals surface area contributed by atoms with Crippen molar-refractivity contribution in [2.75, 3.05) is 0 Å². The van der Waals surface area contributed by atoms with E-state index in [-0.39, 0.29) is 11.8 Å². The molecule has 0 fully saturated rings. The van der Waals surface area contributed by atoms with Crippen LogP contribution in [0.3, 0.4) is 0 Å². The van der Waals surface area contributed by atoms with Gasteiger partial charge in [-0.05, 0) is 23.8 Å². The van der Waals surface area contributed by atoms with E-state index in [2.05, 4.69) is 22.5 Å². The zero-order valence-corrected chi connectivity index (χ0v) is 9.45. The summed E-state index contributed by atoms with van der Waals surface area (Å²) in [6, 6.07) is 5.36. The molecule has 0 saturated carbocycles. The van der Waals surface area contributed by atoms with Gasteiger partial charge in [-0.2, -0.15) is 0 Å². The molecule has 1 heterocycles. The van der Waals surface area contributed by atoms with E-state index in [0.717, 1.165) is 16.1 Å². The fourth-order valence-electron chi connectivity index (χ4n) is 1.58. The third-order valence-corrected chi connectivity index (χ3v) is 3.09. The van der Waals surface area contributed by atoms with E-state index in [4.69, 9.17) is 0 Å². The van der Waals surface area contributed by atoms with Crippen molar-refractivity contribution in [2.45, 2.75) is 6.54 Å². The van der Waals surface area contributed by atoms with Gasteiger partial charge in [-0.25, -0.2) is 0 Å².